The molecule has 2 unspecified atom stereocenters. The molecule has 114 valence electrons. The Balaban J connectivity index is 1.43. The predicted octanol–water partition coefficient (Wildman–Crippen LogP) is 1.27. The van der Waals surface area contributed by atoms with E-state index in [2.05, 4.69) is 20.5 Å². The topological polar surface area (TPSA) is 83.3 Å². The summed E-state index contributed by atoms with van der Waals surface area (Å²) in [4.78, 5) is 19.8. The van der Waals surface area contributed by atoms with Gasteiger partial charge in [0, 0.05) is 24.7 Å². The number of hydrogen-bond acceptors (Lipinski definition) is 6. The van der Waals surface area contributed by atoms with Gasteiger partial charge in [-0.25, -0.2) is 4.98 Å². The predicted molar refractivity (Wildman–Crippen MR) is 83.6 cm³/mol. The third kappa shape index (κ3) is 2.60. The highest BCUT2D eigenvalue weighted by Crippen LogP contribution is 2.32. The van der Waals surface area contributed by atoms with Gasteiger partial charge >= 0.3 is 0 Å². The minimum atomic E-state index is -0.0624. The van der Waals surface area contributed by atoms with Crippen molar-refractivity contribution in [1.82, 2.24) is 15.2 Å². The summed E-state index contributed by atoms with van der Waals surface area (Å²) in [6.07, 6.45) is 5.84. The summed E-state index contributed by atoms with van der Waals surface area (Å²) in [5.41, 5.74) is 5.91. The van der Waals surface area contributed by atoms with Crippen LogP contribution in [-0.2, 0) is 0 Å². The van der Waals surface area contributed by atoms with Crippen LogP contribution in [-0.4, -0.2) is 47.0 Å². The molecule has 1 saturated carbocycles. The van der Waals surface area contributed by atoms with Gasteiger partial charge in [-0.15, -0.1) is 0 Å². The maximum Gasteiger partial charge on any atom is 0.265 e. The summed E-state index contributed by atoms with van der Waals surface area (Å²) in [7, 11) is 0. The summed E-state index contributed by atoms with van der Waals surface area (Å²) in [6.45, 7) is 2.28. The van der Waals surface area contributed by atoms with Crippen LogP contribution in [0.5, 0.6) is 0 Å². The third-order valence-corrected chi connectivity index (χ3v) is 5.69. The van der Waals surface area contributed by atoms with E-state index in [1.165, 1.54) is 43.6 Å². The Morgan fingerprint density at radius 1 is 1.29 bits per heavy atom. The van der Waals surface area contributed by atoms with E-state index in [9.17, 15) is 4.79 Å². The Morgan fingerprint density at radius 3 is 2.95 bits per heavy atom. The van der Waals surface area contributed by atoms with Gasteiger partial charge in [0.1, 0.15) is 10.7 Å². The highest BCUT2D eigenvalue weighted by molar-refractivity contribution is 7.18. The molecule has 0 aromatic carbocycles. The van der Waals surface area contributed by atoms with Crippen LogP contribution in [0.3, 0.4) is 0 Å². The molecule has 2 saturated heterocycles. The van der Waals surface area contributed by atoms with Gasteiger partial charge in [0.15, 0.2) is 5.13 Å². The number of rotatable bonds is 4. The average molecular weight is 307 g/mol. The molecule has 2 atom stereocenters. The molecule has 3 fully saturated rings. The molecule has 21 heavy (non-hydrogen) atoms. The van der Waals surface area contributed by atoms with Gasteiger partial charge in [-0.1, -0.05) is 11.3 Å². The summed E-state index contributed by atoms with van der Waals surface area (Å²) in [5, 5.41) is 7.25. The van der Waals surface area contributed by atoms with Crippen molar-refractivity contribution in [3.05, 3.63) is 4.88 Å². The molecule has 4 N–H and O–H groups in total. The Morgan fingerprint density at radius 2 is 2.14 bits per heavy atom. The molecular formula is C14H21N5OS. The van der Waals surface area contributed by atoms with Crippen molar-refractivity contribution < 1.29 is 4.79 Å². The van der Waals surface area contributed by atoms with Crippen LogP contribution in [0, 0.1) is 0 Å². The van der Waals surface area contributed by atoms with Crippen molar-refractivity contribution in [1.29, 1.82) is 0 Å². The minimum Gasteiger partial charge on any atom is -0.382 e. The number of amides is 1. The summed E-state index contributed by atoms with van der Waals surface area (Å²) in [5.74, 6) is 0.287. The van der Waals surface area contributed by atoms with E-state index < -0.39 is 0 Å². The summed E-state index contributed by atoms with van der Waals surface area (Å²) in [6, 6.07) is 1.31. The first kappa shape index (κ1) is 13.3. The number of nitrogen functional groups attached to an aromatic ring is 1. The van der Waals surface area contributed by atoms with Crippen LogP contribution in [0.1, 0.15) is 41.8 Å². The number of nitrogens with two attached hydrogens (primary N) is 1. The minimum absolute atomic E-state index is 0.0624. The van der Waals surface area contributed by atoms with Gasteiger partial charge in [-0.05, 0) is 38.6 Å². The maximum absolute atomic E-state index is 12.5. The number of nitrogens with one attached hydrogen (secondary N) is 2. The van der Waals surface area contributed by atoms with E-state index in [0.717, 1.165) is 18.1 Å². The number of anilines is 2. The molecule has 0 spiro atoms. The van der Waals surface area contributed by atoms with Crippen molar-refractivity contribution in [2.45, 2.75) is 50.2 Å². The van der Waals surface area contributed by atoms with E-state index in [1.807, 2.05) is 0 Å². The smallest absolute Gasteiger partial charge is 0.265 e. The molecule has 2 aliphatic heterocycles. The van der Waals surface area contributed by atoms with Crippen molar-refractivity contribution in [3.8, 4) is 0 Å². The van der Waals surface area contributed by atoms with Crippen molar-refractivity contribution in [2.75, 3.05) is 24.1 Å². The molecule has 7 heteroatoms. The van der Waals surface area contributed by atoms with Crippen LogP contribution in [0.4, 0.5) is 10.9 Å². The molecule has 6 nitrogen and oxygen atoms in total. The number of fused-ring (bicyclic) bond motifs is 1. The Labute approximate surface area is 128 Å². The van der Waals surface area contributed by atoms with E-state index in [0.29, 0.717) is 22.8 Å². The number of aromatic nitrogens is 1. The van der Waals surface area contributed by atoms with Crippen LogP contribution in [0.2, 0.25) is 0 Å². The second kappa shape index (κ2) is 5.14. The van der Waals surface area contributed by atoms with Gasteiger partial charge in [0.25, 0.3) is 5.91 Å². The highest BCUT2D eigenvalue weighted by atomic mass is 32.1. The quantitative estimate of drug-likeness (QED) is 0.780. The molecular weight excluding hydrogens is 286 g/mol. The standard InChI is InChI=1S/C14H21N5OS/c15-12-11(21-14(18-12)16-8-3-4-8)13(20)17-9-5-7-19-6-1-2-10(9)19/h8-10H,1-7,15H2,(H,16,18)(H,17,20). The Bertz CT molecular complexity index is 556. The molecule has 0 bridgehead atoms. The van der Waals surface area contributed by atoms with Crippen LogP contribution < -0.4 is 16.4 Å². The normalized spacial score (nSPS) is 28.6. The molecule has 3 aliphatic rings. The number of hydrogen-bond donors (Lipinski definition) is 3. The van der Waals surface area contributed by atoms with Gasteiger partial charge in [0.05, 0.1) is 0 Å². The van der Waals surface area contributed by atoms with Gasteiger partial charge in [-0.3, -0.25) is 9.69 Å². The Hall–Kier alpha value is -1.34. The molecule has 0 radical (unpaired) electrons. The molecule has 4 rings (SSSR count). The van der Waals surface area contributed by atoms with Crippen LogP contribution in [0.15, 0.2) is 0 Å². The number of carbonyl (C=O) groups excluding carboxylic acids is 1. The first-order valence-electron chi connectivity index (χ1n) is 7.78. The van der Waals surface area contributed by atoms with E-state index in [4.69, 9.17) is 5.73 Å². The van der Waals surface area contributed by atoms with Gasteiger partial charge < -0.3 is 16.4 Å². The lowest BCUT2D eigenvalue weighted by Gasteiger charge is -2.20. The lowest BCUT2D eigenvalue weighted by Crippen LogP contribution is -2.42. The number of carbonyl (C=O) groups is 1. The monoisotopic (exact) mass is 307 g/mol. The fourth-order valence-electron chi connectivity index (χ4n) is 3.44. The van der Waals surface area contributed by atoms with E-state index in [1.54, 1.807) is 0 Å². The second-order valence-corrected chi connectivity index (χ2v) is 7.27. The molecule has 1 aromatic heterocycles. The molecule has 3 heterocycles. The first-order chi connectivity index (χ1) is 10.2. The molecule has 1 aromatic rings. The zero-order valence-corrected chi connectivity index (χ0v) is 12.8. The molecule has 1 aliphatic carbocycles. The zero-order valence-electron chi connectivity index (χ0n) is 12.0. The molecule has 1 amide bonds. The summed E-state index contributed by atoms with van der Waals surface area (Å²) >= 11 is 1.37. The third-order valence-electron chi connectivity index (χ3n) is 4.69. The largest absolute Gasteiger partial charge is 0.382 e. The van der Waals surface area contributed by atoms with Crippen molar-refractivity contribution in [3.63, 3.8) is 0 Å². The van der Waals surface area contributed by atoms with E-state index in [-0.39, 0.29) is 11.9 Å². The lowest BCUT2D eigenvalue weighted by molar-refractivity contribution is 0.0934. The first-order valence-corrected chi connectivity index (χ1v) is 8.60. The zero-order chi connectivity index (χ0) is 14.4. The summed E-state index contributed by atoms with van der Waals surface area (Å²) < 4.78 is 0. The lowest BCUT2D eigenvalue weighted by atomic mass is 10.1. The number of thiazole rings is 1. The average Bonchev–Trinajstić information content (AvgIpc) is 2.86. The van der Waals surface area contributed by atoms with Gasteiger partial charge in [-0.2, -0.15) is 0 Å². The Kier molecular flexibility index (Phi) is 3.26. The maximum atomic E-state index is 12.5. The van der Waals surface area contributed by atoms with E-state index >= 15 is 0 Å². The fourth-order valence-corrected chi connectivity index (χ4v) is 4.31. The SMILES string of the molecule is Nc1nc(NC2CC2)sc1C(=O)NC1CCN2CCCC12. The highest BCUT2D eigenvalue weighted by Gasteiger charge is 2.38. The van der Waals surface area contributed by atoms with Crippen LogP contribution >= 0.6 is 11.3 Å². The number of nitrogens with zero attached hydrogens (tertiary/aromatic N) is 2. The second-order valence-electron chi connectivity index (χ2n) is 6.27. The fraction of sp³-hybridized carbons (Fsp3) is 0.714. The van der Waals surface area contributed by atoms with Gasteiger partial charge in [0.2, 0.25) is 0 Å². The van der Waals surface area contributed by atoms with Crippen LogP contribution in [0.25, 0.3) is 0 Å². The van der Waals surface area contributed by atoms with Crippen molar-refractivity contribution >= 4 is 28.2 Å². The van der Waals surface area contributed by atoms with Crippen molar-refractivity contribution in [2.24, 2.45) is 0 Å².